The van der Waals surface area contributed by atoms with Crippen molar-refractivity contribution in [2.24, 2.45) is 0 Å². The molecule has 1 aromatic carbocycles. The molecule has 1 amide bonds. The summed E-state index contributed by atoms with van der Waals surface area (Å²) in [5.74, 6) is 0.432. The van der Waals surface area contributed by atoms with Gasteiger partial charge >= 0.3 is 0 Å². The van der Waals surface area contributed by atoms with Crippen LogP contribution in [0.15, 0.2) is 53.6 Å². The van der Waals surface area contributed by atoms with E-state index in [0.29, 0.717) is 11.7 Å². The highest BCUT2D eigenvalue weighted by Gasteiger charge is 2.21. The average Bonchev–Trinajstić information content (AvgIpc) is 3.24. The number of hydrogen-bond acceptors (Lipinski definition) is 5. The number of nitrogens with zero attached hydrogens (tertiary/aromatic N) is 4. The highest BCUT2D eigenvalue weighted by atomic mass is 16.2. The Morgan fingerprint density at radius 2 is 2.00 bits per heavy atom. The van der Waals surface area contributed by atoms with Crippen LogP contribution in [-0.2, 0) is 11.3 Å². The predicted molar refractivity (Wildman–Crippen MR) is 110 cm³/mol. The second kappa shape index (κ2) is 7.80. The molecule has 4 rings (SSSR count). The van der Waals surface area contributed by atoms with Crippen molar-refractivity contribution in [3.63, 3.8) is 0 Å². The van der Waals surface area contributed by atoms with Crippen LogP contribution in [0.1, 0.15) is 25.7 Å². The monoisotopic (exact) mass is 377 g/mol. The maximum atomic E-state index is 12.5. The number of amides is 1. The van der Waals surface area contributed by atoms with Crippen molar-refractivity contribution in [1.29, 1.82) is 0 Å². The summed E-state index contributed by atoms with van der Waals surface area (Å²) >= 11 is 0. The molecule has 1 aliphatic carbocycles. The molecular weight excluding hydrogens is 354 g/mol. The Morgan fingerprint density at radius 1 is 1.18 bits per heavy atom. The van der Waals surface area contributed by atoms with Crippen LogP contribution in [0.5, 0.6) is 0 Å². The van der Waals surface area contributed by atoms with Crippen LogP contribution in [0.25, 0.3) is 10.8 Å². The molecule has 0 atom stereocenters. The third-order valence-electron chi connectivity index (χ3n) is 5.30. The lowest BCUT2D eigenvalue weighted by molar-refractivity contribution is -0.117. The molecule has 2 heterocycles. The van der Waals surface area contributed by atoms with Gasteiger partial charge in [-0.2, -0.15) is 5.10 Å². The molecule has 0 aliphatic heterocycles. The Bertz CT molecular complexity index is 1060. The van der Waals surface area contributed by atoms with E-state index in [0.717, 1.165) is 29.4 Å². The van der Waals surface area contributed by atoms with Gasteiger partial charge in [0.05, 0.1) is 0 Å². The van der Waals surface area contributed by atoms with Crippen molar-refractivity contribution < 1.29 is 4.79 Å². The van der Waals surface area contributed by atoms with Crippen LogP contribution < -0.4 is 15.8 Å². The Labute approximate surface area is 163 Å². The van der Waals surface area contributed by atoms with E-state index >= 15 is 0 Å². The third-order valence-corrected chi connectivity index (χ3v) is 5.30. The summed E-state index contributed by atoms with van der Waals surface area (Å²) in [6.45, 7) is -0.125. The minimum atomic E-state index is -0.289. The topological polar surface area (TPSA) is 80.1 Å². The van der Waals surface area contributed by atoms with E-state index in [1.165, 1.54) is 23.6 Å². The van der Waals surface area contributed by atoms with Gasteiger partial charge in [-0.15, -0.1) is 0 Å². The van der Waals surface area contributed by atoms with Gasteiger partial charge in [-0.3, -0.25) is 14.6 Å². The average molecular weight is 377 g/mol. The zero-order chi connectivity index (χ0) is 19.5. The lowest BCUT2D eigenvalue weighted by Crippen LogP contribution is -2.34. The van der Waals surface area contributed by atoms with Gasteiger partial charge in [0.2, 0.25) is 5.91 Å². The van der Waals surface area contributed by atoms with Crippen molar-refractivity contribution in [2.45, 2.75) is 38.3 Å². The highest BCUT2D eigenvalue weighted by Crippen LogP contribution is 2.25. The molecule has 0 saturated heterocycles. The first kappa shape index (κ1) is 18.2. The lowest BCUT2D eigenvalue weighted by atomic mass is 10.1. The predicted octanol–water partition coefficient (Wildman–Crippen LogP) is 2.81. The molecular formula is C21H23N5O2. The van der Waals surface area contributed by atoms with E-state index in [4.69, 9.17) is 0 Å². The van der Waals surface area contributed by atoms with E-state index in [1.807, 2.05) is 31.3 Å². The summed E-state index contributed by atoms with van der Waals surface area (Å²) in [5.41, 5.74) is 0.388. The number of carbonyl (C=O) groups is 1. The van der Waals surface area contributed by atoms with E-state index in [-0.39, 0.29) is 18.0 Å². The third kappa shape index (κ3) is 3.88. The molecule has 0 spiro atoms. The van der Waals surface area contributed by atoms with Crippen LogP contribution in [0.4, 0.5) is 11.5 Å². The second-order valence-corrected chi connectivity index (χ2v) is 7.22. The fourth-order valence-corrected chi connectivity index (χ4v) is 3.72. The quantitative estimate of drug-likeness (QED) is 0.740. The fraction of sp³-hybridized carbons (Fsp3) is 0.333. The Balaban J connectivity index is 1.48. The molecule has 1 aliphatic rings. The molecule has 1 N–H and O–H groups in total. The maximum Gasteiger partial charge on any atom is 0.267 e. The number of fused-ring (bicyclic) bond motifs is 1. The van der Waals surface area contributed by atoms with Gasteiger partial charge < -0.3 is 10.2 Å². The summed E-state index contributed by atoms with van der Waals surface area (Å²) in [5, 5.41) is 9.24. The minimum Gasteiger partial charge on any atom is -0.355 e. The Morgan fingerprint density at radius 3 is 2.82 bits per heavy atom. The molecule has 7 nitrogen and oxygen atoms in total. The molecule has 2 aromatic heterocycles. The van der Waals surface area contributed by atoms with Crippen molar-refractivity contribution in [2.75, 3.05) is 17.3 Å². The van der Waals surface area contributed by atoms with Gasteiger partial charge in [-0.05, 0) is 42.5 Å². The van der Waals surface area contributed by atoms with E-state index in [1.54, 1.807) is 18.5 Å². The SMILES string of the molecule is CN(c1ccc(=O)n(CC(=O)Nc2ccc3cnccc3c2)n1)C1CCCC1. The number of anilines is 2. The summed E-state index contributed by atoms with van der Waals surface area (Å²) in [7, 11) is 2.00. The Kier molecular flexibility index (Phi) is 5.06. The number of pyridine rings is 1. The van der Waals surface area contributed by atoms with Crippen LogP contribution in [0.2, 0.25) is 0 Å². The summed E-state index contributed by atoms with van der Waals surface area (Å²) in [6, 6.07) is 11.1. The zero-order valence-corrected chi connectivity index (χ0v) is 15.8. The highest BCUT2D eigenvalue weighted by molar-refractivity contribution is 5.94. The van der Waals surface area contributed by atoms with Gasteiger partial charge in [0.15, 0.2) is 0 Å². The summed E-state index contributed by atoms with van der Waals surface area (Å²) in [4.78, 5) is 30.8. The fourth-order valence-electron chi connectivity index (χ4n) is 3.72. The number of aromatic nitrogens is 3. The first-order chi connectivity index (χ1) is 13.6. The molecule has 1 saturated carbocycles. The number of benzene rings is 1. The molecule has 3 aromatic rings. The van der Waals surface area contributed by atoms with E-state index in [9.17, 15) is 9.59 Å². The lowest BCUT2D eigenvalue weighted by Gasteiger charge is -2.25. The first-order valence-electron chi connectivity index (χ1n) is 9.55. The molecule has 0 unspecified atom stereocenters. The van der Waals surface area contributed by atoms with Crippen LogP contribution in [0.3, 0.4) is 0 Å². The smallest absolute Gasteiger partial charge is 0.267 e. The van der Waals surface area contributed by atoms with Gasteiger partial charge in [0, 0.05) is 42.6 Å². The molecule has 0 bridgehead atoms. The van der Waals surface area contributed by atoms with Crippen LogP contribution >= 0.6 is 0 Å². The van der Waals surface area contributed by atoms with Crippen LogP contribution in [0, 0.1) is 0 Å². The number of nitrogens with one attached hydrogen (secondary N) is 1. The van der Waals surface area contributed by atoms with Crippen LogP contribution in [-0.4, -0.2) is 33.8 Å². The number of carbonyl (C=O) groups excluding carboxylic acids is 1. The van der Waals surface area contributed by atoms with E-state index in [2.05, 4.69) is 20.3 Å². The standard InChI is InChI=1S/C21H23N5O2/c1-25(18-4-2-3-5-18)19-8-9-21(28)26(24-19)14-20(27)23-17-7-6-16-13-22-11-10-15(16)12-17/h6-13,18H,2-5,14H2,1H3,(H,23,27). The summed E-state index contributed by atoms with van der Waals surface area (Å²) < 4.78 is 1.22. The molecule has 144 valence electrons. The molecule has 28 heavy (non-hydrogen) atoms. The summed E-state index contributed by atoms with van der Waals surface area (Å²) in [6.07, 6.45) is 8.20. The molecule has 7 heteroatoms. The maximum absolute atomic E-state index is 12.5. The number of hydrogen-bond donors (Lipinski definition) is 1. The first-order valence-corrected chi connectivity index (χ1v) is 9.55. The number of rotatable bonds is 5. The molecule has 1 fully saturated rings. The van der Waals surface area contributed by atoms with Gasteiger partial charge in [0.1, 0.15) is 12.4 Å². The van der Waals surface area contributed by atoms with E-state index < -0.39 is 0 Å². The van der Waals surface area contributed by atoms with Crippen molar-refractivity contribution in [3.05, 3.63) is 59.1 Å². The minimum absolute atomic E-state index is 0.125. The largest absolute Gasteiger partial charge is 0.355 e. The van der Waals surface area contributed by atoms with Crippen molar-refractivity contribution >= 4 is 28.2 Å². The van der Waals surface area contributed by atoms with Gasteiger partial charge in [-0.1, -0.05) is 18.9 Å². The zero-order valence-electron chi connectivity index (χ0n) is 15.8. The van der Waals surface area contributed by atoms with Crippen molar-refractivity contribution in [1.82, 2.24) is 14.8 Å². The van der Waals surface area contributed by atoms with Gasteiger partial charge in [0.25, 0.3) is 5.56 Å². The molecule has 0 radical (unpaired) electrons. The Hall–Kier alpha value is -3.22. The van der Waals surface area contributed by atoms with Crippen molar-refractivity contribution in [3.8, 4) is 0 Å². The second-order valence-electron chi connectivity index (χ2n) is 7.22. The normalized spacial score (nSPS) is 14.3. The van der Waals surface area contributed by atoms with Gasteiger partial charge in [-0.25, -0.2) is 4.68 Å².